The van der Waals surface area contributed by atoms with Crippen LogP contribution in [0.15, 0.2) is 36.8 Å². The number of aromatic nitrogens is 5. The molecule has 0 spiro atoms. The normalized spacial score (nSPS) is 13.9. The maximum atomic E-state index is 8.05. The Bertz CT molecular complexity index is 1120. The zero-order valence-electron chi connectivity index (χ0n) is 17.1. The summed E-state index contributed by atoms with van der Waals surface area (Å²) in [4.78, 5) is 13.5. The highest BCUT2D eigenvalue weighted by atomic mass is 16.5. The van der Waals surface area contributed by atoms with Crippen LogP contribution in [0.5, 0.6) is 11.6 Å². The van der Waals surface area contributed by atoms with Crippen LogP contribution in [0.4, 0.5) is 11.6 Å². The summed E-state index contributed by atoms with van der Waals surface area (Å²) in [5.41, 5.74) is 2.74. The van der Waals surface area contributed by atoms with E-state index in [1.165, 1.54) is 0 Å². The van der Waals surface area contributed by atoms with Crippen LogP contribution in [0.25, 0.3) is 17.0 Å². The molecule has 3 aromatic heterocycles. The van der Waals surface area contributed by atoms with Crippen LogP contribution in [0.2, 0.25) is 0 Å². The van der Waals surface area contributed by atoms with E-state index in [0.717, 1.165) is 16.7 Å². The van der Waals surface area contributed by atoms with Crippen molar-refractivity contribution >= 4 is 22.9 Å². The Morgan fingerprint density at radius 3 is 2.83 bits per heavy atom. The average Bonchev–Trinajstić information content (AvgIpc) is 3.09. The predicted octanol–water partition coefficient (Wildman–Crippen LogP) is 3.62. The fourth-order valence-electron chi connectivity index (χ4n) is 3.25. The standard InChI is InChI=1S/C21H23N7O2/c1-4-14(13(2)22)15-11-24-19-10-17(15)29-8-5-9-30-21-16(12-25-28(21)3)20-23-7-6-18(26-19)27-20/h4,6-7,10-12,22H,5,8-9H2,1-3H3,(H,23,24,26,27)/b14-4+,22-13?. The van der Waals surface area contributed by atoms with Gasteiger partial charge in [0.1, 0.15) is 22.9 Å². The van der Waals surface area contributed by atoms with E-state index in [1.807, 2.05) is 26.1 Å². The van der Waals surface area contributed by atoms with Gasteiger partial charge in [-0.05, 0) is 19.9 Å². The average molecular weight is 405 g/mol. The van der Waals surface area contributed by atoms with Gasteiger partial charge < -0.3 is 20.2 Å². The monoisotopic (exact) mass is 405 g/mol. The van der Waals surface area contributed by atoms with Gasteiger partial charge in [-0.15, -0.1) is 0 Å². The molecule has 0 unspecified atom stereocenters. The van der Waals surface area contributed by atoms with Crippen molar-refractivity contribution in [1.29, 1.82) is 5.41 Å². The number of fused-ring (bicyclic) bond motifs is 6. The minimum Gasteiger partial charge on any atom is -0.493 e. The summed E-state index contributed by atoms with van der Waals surface area (Å²) in [5, 5.41) is 15.5. The van der Waals surface area contributed by atoms with Crippen LogP contribution in [-0.4, -0.2) is 43.7 Å². The summed E-state index contributed by atoms with van der Waals surface area (Å²) in [6.45, 7) is 4.56. The number of pyridine rings is 1. The maximum Gasteiger partial charge on any atom is 0.222 e. The molecule has 4 heterocycles. The van der Waals surface area contributed by atoms with E-state index in [0.29, 0.717) is 54.4 Å². The van der Waals surface area contributed by atoms with Crippen LogP contribution in [0, 0.1) is 5.41 Å². The van der Waals surface area contributed by atoms with Crippen molar-refractivity contribution in [3.05, 3.63) is 42.4 Å². The number of nitrogens with one attached hydrogen (secondary N) is 2. The van der Waals surface area contributed by atoms with Crippen LogP contribution in [0.1, 0.15) is 25.8 Å². The lowest BCUT2D eigenvalue weighted by atomic mass is 10.0. The minimum absolute atomic E-state index is 0.451. The highest BCUT2D eigenvalue weighted by molar-refractivity contribution is 6.21. The van der Waals surface area contributed by atoms with Crippen molar-refractivity contribution in [1.82, 2.24) is 24.7 Å². The number of hydrogen-bond donors (Lipinski definition) is 2. The highest BCUT2D eigenvalue weighted by Crippen LogP contribution is 2.31. The molecule has 0 amide bonds. The summed E-state index contributed by atoms with van der Waals surface area (Å²) in [7, 11) is 1.82. The largest absolute Gasteiger partial charge is 0.493 e. The Morgan fingerprint density at radius 2 is 2.03 bits per heavy atom. The van der Waals surface area contributed by atoms with Crippen molar-refractivity contribution in [2.45, 2.75) is 20.3 Å². The summed E-state index contributed by atoms with van der Waals surface area (Å²) < 4.78 is 13.7. The number of nitrogens with zero attached hydrogens (tertiary/aromatic N) is 5. The first-order valence-electron chi connectivity index (χ1n) is 9.67. The summed E-state index contributed by atoms with van der Waals surface area (Å²) in [5.74, 6) is 2.96. The molecule has 1 aliphatic rings. The second-order valence-corrected chi connectivity index (χ2v) is 6.82. The molecule has 3 aromatic rings. The van der Waals surface area contributed by atoms with Crippen molar-refractivity contribution in [3.63, 3.8) is 0 Å². The highest BCUT2D eigenvalue weighted by Gasteiger charge is 2.17. The summed E-state index contributed by atoms with van der Waals surface area (Å²) >= 11 is 0. The van der Waals surface area contributed by atoms with Crippen LogP contribution < -0.4 is 14.8 Å². The molecule has 1 aliphatic heterocycles. The molecule has 4 rings (SSSR count). The molecule has 9 nitrogen and oxygen atoms in total. The van der Waals surface area contributed by atoms with Crippen molar-refractivity contribution in [2.24, 2.45) is 7.05 Å². The number of rotatable bonds is 2. The van der Waals surface area contributed by atoms with Crippen LogP contribution >= 0.6 is 0 Å². The van der Waals surface area contributed by atoms with E-state index in [2.05, 4.69) is 25.4 Å². The van der Waals surface area contributed by atoms with Crippen molar-refractivity contribution in [2.75, 3.05) is 18.5 Å². The lowest BCUT2D eigenvalue weighted by Gasteiger charge is -2.16. The lowest BCUT2D eigenvalue weighted by Crippen LogP contribution is -2.10. The number of aryl methyl sites for hydroxylation is 1. The maximum absolute atomic E-state index is 8.05. The van der Waals surface area contributed by atoms with Gasteiger partial charge in [0.25, 0.3) is 0 Å². The molecule has 154 valence electrons. The molecule has 4 bridgehead atoms. The van der Waals surface area contributed by atoms with Gasteiger partial charge in [-0.25, -0.2) is 19.6 Å². The lowest BCUT2D eigenvalue weighted by molar-refractivity contribution is 0.236. The number of anilines is 2. The van der Waals surface area contributed by atoms with Gasteiger partial charge in [-0.2, -0.15) is 5.10 Å². The Kier molecular flexibility index (Phi) is 5.42. The van der Waals surface area contributed by atoms with Gasteiger partial charge in [-0.3, -0.25) is 0 Å². The smallest absolute Gasteiger partial charge is 0.222 e. The molecular weight excluding hydrogens is 382 g/mol. The third-order valence-corrected chi connectivity index (χ3v) is 4.67. The topological polar surface area (TPSA) is 111 Å². The Hall–Kier alpha value is -3.75. The molecular formula is C21H23N7O2. The number of allylic oxidation sites excluding steroid dienone is 2. The number of ether oxygens (including phenoxy) is 2. The van der Waals surface area contributed by atoms with Crippen molar-refractivity contribution < 1.29 is 9.47 Å². The molecule has 0 saturated heterocycles. The summed E-state index contributed by atoms with van der Waals surface area (Å²) in [6.07, 6.45) is 7.65. The third-order valence-electron chi connectivity index (χ3n) is 4.67. The third kappa shape index (κ3) is 3.86. The van der Waals surface area contributed by atoms with Gasteiger partial charge in [-0.1, -0.05) is 6.08 Å². The first-order valence-corrected chi connectivity index (χ1v) is 9.67. The Balaban J connectivity index is 1.76. The van der Waals surface area contributed by atoms with E-state index in [4.69, 9.17) is 14.9 Å². The first-order chi connectivity index (χ1) is 14.6. The van der Waals surface area contributed by atoms with Crippen LogP contribution in [0.3, 0.4) is 0 Å². The zero-order valence-corrected chi connectivity index (χ0v) is 17.1. The van der Waals surface area contributed by atoms with E-state index >= 15 is 0 Å². The van der Waals surface area contributed by atoms with Crippen molar-refractivity contribution in [3.8, 4) is 23.0 Å². The van der Waals surface area contributed by atoms with Gasteiger partial charge >= 0.3 is 0 Å². The quantitative estimate of drug-likeness (QED) is 0.626. The zero-order chi connectivity index (χ0) is 21.1. The number of hydrogen-bond acceptors (Lipinski definition) is 8. The summed E-state index contributed by atoms with van der Waals surface area (Å²) in [6, 6.07) is 3.59. The Morgan fingerprint density at radius 1 is 1.20 bits per heavy atom. The molecule has 0 fully saturated rings. The van der Waals surface area contributed by atoms with Gasteiger partial charge in [0.2, 0.25) is 5.88 Å². The SMILES string of the molecule is C/C=C(\C(C)=N)c1cnc2cc1OCCCOc1c(cnn1C)-c1nccc(n1)N2. The van der Waals surface area contributed by atoms with Gasteiger partial charge in [0.15, 0.2) is 5.82 Å². The van der Waals surface area contributed by atoms with Gasteiger partial charge in [0.05, 0.1) is 19.4 Å². The molecule has 0 atom stereocenters. The molecule has 0 radical (unpaired) electrons. The second-order valence-electron chi connectivity index (χ2n) is 6.82. The molecule has 0 saturated carbocycles. The van der Waals surface area contributed by atoms with E-state index in [-0.39, 0.29) is 0 Å². The van der Waals surface area contributed by atoms with E-state index in [1.54, 1.807) is 36.3 Å². The van der Waals surface area contributed by atoms with Gasteiger partial charge in [0, 0.05) is 48.8 Å². The van der Waals surface area contributed by atoms with E-state index < -0.39 is 0 Å². The molecule has 30 heavy (non-hydrogen) atoms. The first kappa shape index (κ1) is 19.6. The molecule has 9 heteroatoms. The predicted molar refractivity (Wildman–Crippen MR) is 114 cm³/mol. The van der Waals surface area contributed by atoms with Crippen LogP contribution in [-0.2, 0) is 7.05 Å². The fraction of sp³-hybridized carbons (Fsp3) is 0.286. The molecule has 2 N–H and O–H groups in total. The molecule has 0 aliphatic carbocycles. The molecule has 0 aromatic carbocycles. The minimum atomic E-state index is 0.451. The fourth-order valence-corrected chi connectivity index (χ4v) is 3.25. The second kappa shape index (κ2) is 8.32. The van der Waals surface area contributed by atoms with E-state index in [9.17, 15) is 0 Å². The Labute approximate surface area is 174 Å².